The fraction of sp³-hybridized carbons (Fsp3) is 0.385. The third-order valence-electron chi connectivity index (χ3n) is 2.68. The maximum atomic E-state index is 11.0. The molecule has 4 nitrogen and oxygen atoms in total. The van der Waals surface area contributed by atoms with Crippen LogP contribution in [-0.4, -0.2) is 19.6 Å². The van der Waals surface area contributed by atoms with E-state index in [0.717, 1.165) is 15.8 Å². The maximum absolute atomic E-state index is 11.0. The van der Waals surface area contributed by atoms with Crippen molar-refractivity contribution in [3.63, 3.8) is 0 Å². The highest BCUT2D eigenvalue weighted by Gasteiger charge is 2.25. The van der Waals surface area contributed by atoms with Crippen LogP contribution in [0.15, 0.2) is 22.7 Å². The number of hydrogen-bond acceptors (Lipinski definition) is 3. The lowest BCUT2D eigenvalue weighted by atomic mass is 9.84. The van der Waals surface area contributed by atoms with Gasteiger partial charge in [0.1, 0.15) is 5.75 Å². The Bertz CT molecular complexity index is 492. The monoisotopic (exact) mass is 310 g/mol. The number of amides is 1. The molecule has 0 aliphatic heterocycles. The first-order valence-electron chi connectivity index (χ1n) is 5.42. The number of benzene rings is 1. The van der Waals surface area contributed by atoms with Crippen LogP contribution < -0.4 is 10.1 Å². The second-order valence-electron chi connectivity index (χ2n) is 4.52. The Kier molecular flexibility index (Phi) is 4.74. The smallest absolute Gasteiger partial charge is 0.322 e. The molecular formula is C13H15BrN2O2. The highest BCUT2D eigenvalue weighted by molar-refractivity contribution is 9.10. The largest absolute Gasteiger partial charge is 0.496 e. The molecule has 0 aliphatic rings. The van der Waals surface area contributed by atoms with Gasteiger partial charge in [-0.05, 0) is 18.2 Å². The van der Waals surface area contributed by atoms with Gasteiger partial charge in [-0.2, -0.15) is 5.26 Å². The van der Waals surface area contributed by atoms with Crippen LogP contribution >= 0.6 is 15.9 Å². The fourth-order valence-electron chi connectivity index (χ4n) is 1.65. The van der Waals surface area contributed by atoms with E-state index < -0.39 is 5.91 Å². The predicted molar refractivity (Wildman–Crippen MR) is 72.3 cm³/mol. The molecule has 0 radical (unpaired) electrons. The summed E-state index contributed by atoms with van der Waals surface area (Å²) in [7, 11) is 1.61. The molecule has 96 valence electrons. The van der Waals surface area contributed by atoms with Crippen molar-refractivity contribution in [3.05, 3.63) is 28.2 Å². The number of halogens is 1. The molecule has 0 saturated heterocycles. The molecule has 0 bridgehead atoms. The summed E-state index contributed by atoms with van der Waals surface area (Å²) in [5.74, 6) is 0.131. The SMILES string of the molecule is COc1ccc(Br)cc1C(C)(C)CNC(=O)C#N. The normalized spacial score (nSPS) is 10.6. The second-order valence-corrected chi connectivity index (χ2v) is 5.44. The first-order chi connectivity index (χ1) is 8.40. The molecule has 1 rings (SSSR count). The lowest BCUT2D eigenvalue weighted by Crippen LogP contribution is -2.36. The van der Waals surface area contributed by atoms with Crippen LogP contribution in [0.3, 0.4) is 0 Å². The minimum Gasteiger partial charge on any atom is -0.496 e. The second kappa shape index (κ2) is 5.87. The molecule has 0 spiro atoms. The van der Waals surface area contributed by atoms with Gasteiger partial charge >= 0.3 is 5.91 Å². The Hall–Kier alpha value is -1.54. The van der Waals surface area contributed by atoms with Gasteiger partial charge in [-0.25, -0.2) is 0 Å². The van der Waals surface area contributed by atoms with Crippen molar-refractivity contribution < 1.29 is 9.53 Å². The van der Waals surface area contributed by atoms with E-state index in [4.69, 9.17) is 10.00 Å². The molecule has 1 aromatic carbocycles. The molecule has 0 saturated carbocycles. The number of nitrogens with one attached hydrogen (secondary N) is 1. The topological polar surface area (TPSA) is 62.1 Å². The predicted octanol–water partition coefficient (Wildman–Crippen LogP) is 2.38. The van der Waals surface area contributed by atoms with Crippen LogP contribution in [0.25, 0.3) is 0 Å². The van der Waals surface area contributed by atoms with Gasteiger partial charge < -0.3 is 10.1 Å². The summed E-state index contributed by atoms with van der Waals surface area (Å²) in [6.07, 6.45) is 0. The zero-order valence-electron chi connectivity index (χ0n) is 10.6. The van der Waals surface area contributed by atoms with Crippen molar-refractivity contribution in [1.29, 1.82) is 5.26 Å². The first-order valence-corrected chi connectivity index (χ1v) is 6.22. The average molecular weight is 311 g/mol. The molecule has 0 fully saturated rings. The van der Waals surface area contributed by atoms with Gasteiger partial charge in [0.05, 0.1) is 7.11 Å². The minimum atomic E-state index is -0.628. The number of nitriles is 1. The molecule has 0 heterocycles. The van der Waals surface area contributed by atoms with E-state index in [1.165, 1.54) is 6.07 Å². The van der Waals surface area contributed by atoms with Crippen molar-refractivity contribution in [3.8, 4) is 11.8 Å². The summed E-state index contributed by atoms with van der Waals surface area (Å²) in [5.41, 5.74) is 0.638. The third-order valence-corrected chi connectivity index (χ3v) is 3.18. The van der Waals surface area contributed by atoms with Crippen molar-refractivity contribution >= 4 is 21.8 Å². The molecule has 5 heteroatoms. The molecule has 0 atom stereocenters. The molecule has 0 aliphatic carbocycles. The van der Waals surface area contributed by atoms with Crippen LogP contribution in [0.2, 0.25) is 0 Å². The number of hydrogen-bond donors (Lipinski definition) is 1. The van der Waals surface area contributed by atoms with Gasteiger partial charge in [0.2, 0.25) is 0 Å². The molecule has 1 aromatic rings. The highest BCUT2D eigenvalue weighted by atomic mass is 79.9. The van der Waals surface area contributed by atoms with Crippen LogP contribution in [0.4, 0.5) is 0 Å². The molecular weight excluding hydrogens is 296 g/mol. The van der Waals surface area contributed by atoms with Crippen molar-refractivity contribution in [2.75, 3.05) is 13.7 Å². The van der Waals surface area contributed by atoms with Crippen LogP contribution in [0.1, 0.15) is 19.4 Å². The summed E-state index contributed by atoms with van der Waals surface area (Å²) in [4.78, 5) is 11.0. The lowest BCUT2D eigenvalue weighted by Gasteiger charge is -2.27. The quantitative estimate of drug-likeness (QED) is 0.868. The van der Waals surface area contributed by atoms with Crippen LogP contribution in [0, 0.1) is 11.3 Å². The van der Waals surface area contributed by atoms with E-state index in [9.17, 15) is 4.79 Å². The van der Waals surface area contributed by atoms with Crippen LogP contribution in [-0.2, 0) is 10.2 Å². The fourth-order valence-corrected chi connectivity index (χ4v) is 2.01. The summed E-state index contributed by atoms with van der Waals surface area (Å²) in [6.45, 7) is 4.33. The van der Waals surface area contributed by atoms with E-state index in [0.29, 0.717) is 6.54 Å². The van der Waals surface area contributed by atoms with Crippen LogP contribution in [0.5, 0.6) is 5.75 Å². The van der Waals surface area contributed by atoms with Gasteiger partial charge in [0.15, 0.2) is 6.07 Å². The number of rotatable bonds is 4. The number of carbonyl (C=O) groups is 1. The Morgan fingerprint density at radius 2 is 2.22 bits per heavy atom. The molecule has 18 heavy (non-hydrogen) atoms. The zero-order chi connectivity index (χ0) is 13.8. The number of nitrogens with zero attached hydrogens (tertiary/aromatic N) is 1. The van der Waals surface area contributed by atoms with E-state index in [1.54, 1.807) is 7.11 Å². The van der Waals surface area contributed by atoms with E-state index >= 15 is 0 Å². The summed E-state index contributed by atoms with van der Waals surface area (Å²) in [6, 6.07) is 7.26. The Morgan fingerprint density at radius 1 is 1.56 bits per heavy atom. The Morgan fingerprint density at radius 3 is 2.78 bits per heavy atom. The minimum absolute atomic E-state index is 0.332. The standard InChI is InChI=1S/C13H15BrN2O2/c1-13(2,8-16-12(17)7-15)10-6-9(14)4-5-11(10)18-3/h4-6H,8H2,1-3H3,(H,16,17). The Labute approximate surface area is 115 Å². The number of carbonyl (C=O) groups excluding carboxylic acids is 1. The molecule has 0 aromatic heterocycles. The number of ether oxygens (including phenoxy) is 1. The van der Waals surface area contributed by atoms with Gasteiger partial charge in [-0.15, -0.1) is 0 Å². The van der Waals surface area contributed by atoms with Gasteiger partial charge in [0, 0.05) is 22.0 Å². The molecule has 0 unspecified atom stereocenters. The van der Waals surface area contributed by atoms with Crippen molar-refractivity contribution in [2.24, 2.45) is 0 Å². The number of methoxy groups -OCH3 is 1. The lowest BCUT2D eigenvalue weighted by molar-refractivity contribution is -0.116. The summed E-state index contributed by atoms with van der Waals surface area (Å²) < 4.78 is 6.26. The molecule has 1 N–H and O–H groups in total. The first kappa shape index (κ1) is 14.5. The Balaban J connectivity index is 3.00. The van der Waals surface area contributed by atoms with Gasteiger partial charge in [-0.1, -0.05) is 29.8 Å². The zero-order valence-corrected chi connectivity index (χ0v) is 12.2. The third kappa shape index (κ3) is 3.47. The molecule has 1 amide bonds. The van der Waals surface area contributed by atoms with Crippen molar-refractivity contribution in [2.45, 2.75) is 19.3 Å². The van der Waals surface area contributed by atoms with Gasteiger partial charge in [0.25, 0.3) is 0 Å². The summed E-state index contributed by atoms with van der Waals surface area (Å²) >= 11 is 3.42. The highest BCUT2D eigenvalue weighted by Crippen LogP contribution is 2.33. The van der Waals surface area contributed by atoms with Crippen molar-refractivity contribution in [1.82, 2.24) is 5.32 Å². The van der Waals surface area contributed by atoms with Gasteiger partial charge in [-0.3, -0.25) is 4.79 Å². The maximum Gasteiger partial charge on any atom is 0.322 e. The van der Waals surface area contributed by atoms with E-state index in [2.05, 4.69) is 21.2 Å². The average Bonchev–Trinajstić information content (AvgIpc) is 2.36. The van der Waals surface area contributed by atoms with E-state index in [-0.39, 0.29) is 5.41 Å². The summed E-state index contributed by atoms with van der Waals surface area (Å²) in [5, 5.41) is 11.0. The van der Waals surface area contributed by atoms with E-state index in [1.807, 2.05) is 32.0 Å².